The number of anilines is 1. The predicted molar refractivity (Wildman–Crippen MR) is 106 cm³/mol. The van der Waals surface area contributed by atoms with Gasteiger partial charge in [0.05, 0.1) is 22.8 Å². The number of benzene rings is 2. The topological polar surface area (TPSA) is 117 Å². The van der Waals surface area contributed by atoms with E-state index < -0.39 is 18.0 Å². The molecular weight excluding hydrogens is 386 g/mol. The molecule has 0 fully saturated rings. The molecule has 152 valence electrons. The summed E-state index contributed by atoms with van der Waals surface area (Å²) in [5, 5.41) is 11.5. The van der Waals surface area contributed by atoms with Crippen molar-refractivity contribution in [2.24, 2.45) is 0 Å². The number of carbonyl (C=O) groups is 4. The molecule has 0 aromatic heterocycles. The molecule has 0 radical (unpaired) electrons. The summed E-state index contributed by atoms with van der Waals surface area (Å²) in [5.74, 6) is -1.90. The van der Waals surface area contributed by atoms with Gasteiger partial charge in [0.15, 0.2) is 6.10 Å². The minimum absolute atomic E-state index is 0.0467. The number of rotatable bonds is 7. The van der Waals surface area contributed by atoms with E-state index in [2.05, 4.69) is 5.32 Å². The molecule has 0 spiro atoms. The molecule has 0 bridgehead atoms. The molecule has 3 amide bonds. The molecule has 2 aromatic rings. The van der Waals surface area contributed by atoms with Crippen LogP contribution in [0.3, 0.4) is 0 Å². The standard InChI is InChI=1S/C22H19N3O5/c1-14(20(27)24-16-7-4-6-15(12-16)13-23)30-19(26)10-5-11-25-21(28)17-8-2-3-9-18(17)22(25)29/h2-4,6-9,12,14H,5,10-11H2,1H3,(H,24,27)/t14-/m1/s1. The normalized spacial score (nSPS) is 13.4. The van der Waals surface area contributed by atoms with E-state index in [0.717, 1.165) is 4.90 Å². The van der Waals surface area contributed by atoms with Crippen molar-refractivity contribution < 1.29 is 23.9 Å². The Labute approximate surface area is 173 Å². The Morgan fingerprint density at radius 3 is 2.40 bits per heavy atom. The van der Waals surface area contributed by atoms with E-state index >= 15 is 0 Å². The molecule has 8 nitrogen and oxygen atoms in total. The van der Waals surface area contributed by atoms with Gasteiger partial charge in [0, 0.05) is 18.7 Å². The lowest BCUT2D eigenvalue weighted by Crippen LogP contribution is -2.32. The third kappa shape index (κ3) is 4.52. The van der Waals surface area contributed by atoms with Gasteiger partial charge in [-0.25, -0.2) is 0 Å². The smallest absolute Gasteiger partial charge is 0.306 e. The van der Waals surface area contributed by atoms with Crippen LogP contribution >= 0.6 is 0 Å². The molecule has 1 atom stereocenters. The number of ether oxygens (including phenoxy) is 1. The van der Waals surface area contributed by atoms with Gasteiger partial charge < -0.3 is 10.1 Å². The summed E-state index contributed by atoms with van der Waals surface area (Å²) in [5.41, 5.74) is 1.53. The lowest BCUT2D eigenvalue weighted by Gasteiger charge is -2.15. The van der Waals surface area contributed by atoms with Gasteiger partial charge in [0.25, 0.3) is 17.7 Å². The van der Waals surface area contributed by atoms with Crippen LogP contribution in [-0.2, 0) is 14.3 Å². The monoisotopic (exact) mass is 405 g/mol. The van der Waals surface area contributed by atoms with Crippen LogP contribution in [-0.4, -0.2) is 41.2 Å². The van der Waals surface area contributed by atoms with E-state index in [9.17, 15) is 19.2 Å². The van der Waals surface area contributed by atoms with E-state index in [0.29, 0.717) is 22.4 Å². The van der Waals surface area contributed by atoms with Gasteiger partial charge in [-0.15, -0.1) is 0 Å². The molecule has 30 heavy (non-hydrogen) atoms. The quantitative estimate of drug-likeness (QED) is 0.559. The fourth-order valence-electron chi connectivity index (χ4n) is 3.04. The largest absolute Gasteiger partial charge is 0.453 e. The Morgan fingerprint density at radius 2 is 1.77 bits per heavy atom. The van der Waals surface area contributed by atoms with Crippen LogP contribution in [0.25, 0.3) is 0 Å². The van der Waals surface area contributed by atoms with Gasteiger partial charge in [-0.3, -0.25) is 24.1 Å². The molecule has 0 unspecified atom stereocenters. The van der Waals surface area contributed by atoms with Crippen LogP contribution in [0, 0.1) is 11.3 Å². The predicted octanol–water partition coefficient (Wildman–Crippen LogP) is 2.50. The van der Waals surface area contributed by atoms with E-state index in [1.54, 1.807) is 42.5 Å². The zero-order chi connectivity index (χ0) is 21.7. The number of nitriles is 1. The maximum atomic E-state index is 12.3. The molecule has 2 aromatic carbocycles. The number of fused-ring (bicyclic) bond motifs is 1. The second-order valence-corrected chi connectivity index (χ2v) is 6.73. The lowest BCUT2D eigenvalue weighted by atomic mass is 10.1. The van der Waals surface area contributed by atoms with Crippen molar-refractivity contribution in [3.05, 3.63) is 65.2 Å². The average molecular weight is 405 g/mol. The minimum Gasteiger partial charge on any atom is -0.453 e. The first kappa shape index (κ1) is 20.7. The van der Waals surface area contributed by atoms with Crippen molar-refractivity contribution >= 4 is 29.4 Å². The van der Waals surface area contributed by atoms with Gasteiger partial charge in [0.2, 0.25) is 0 Å². The van der Waals surface area contributed by atoms with E-state index in [-0.39, 0.29) is 31.2 Å². The third-order valence-electron chi connectivity index (χ3n) is 4.58. The molecule has 1 aliphatic rings. The van der Waals surface area contributed by atoms with Crippen molar-refractivity contribution in [1.29, 1.82) is 5.26 Å². The Balaban J connectivity index is 1.45. The summed E-state index contributed by atoms with van der Waals surface area (Å²) in [7, 11) is 0. The third-order valence-corrected chi connectivity index (χ3v) is 4.58. The van der Waals surface area contributed by atoms with Crippen LogP contribution in [0.4, 0.5) is 5.69 Å². The van der Waals surface area contributed by atoms with Crippen molar-refractivity contribution in [3.8, 4) is 6.07 Å². The van der Waals surface area contributed by atoms with Crippen LogP contribution in [0.1, 0.15) is 46.0 Å². The summed E-state index contributed by atoms with van der Waals surface area (Å²) in [6.07, 6.45) is -0.861. The number of hydrogen-bond acceptors (Lipinski definition) is 6. The van der Waals surface area contributed by atoms with Crippen molar-refractivity contribution in [2.75, 3.05) is 11.9 Å². The first-order valence-electron chi connectivity index (χ1n) is 9.36. The number of amides is 3. The Kier molecular flexibility index (Phi) is 6.23. The Bertz CT molecular complexity index is 1020. The van der Waals surface area contributed by atoms with Gasteiger partial charge >= 0.3 is 5.97 Å². The fourth-order valence-corrected chi connectivity index (χ4v) is 3.04. The van der Waals surface area contributed by atoms with Gasteiger partial charge in [0.1, 0.15) is 0 Å². The molecule has 1 N–H and O–H groups in total. The van der Waals surface area contributed by atoms with Crippen molar-refractivity contribution in [3.63, 3.8) is 0 Å². The highest BCUT2D eigenvalue weighted by molar-refractivity contribution is 6.21. The lowest BCUT2D eigenvalue weighted by molar-refractivity contribution is -0.153. The van der Waals surface area contributed by atoms with E-state index in [1.165, 1.54) is 13.0 Å². The van der Waals surface area contributed by atoms with E-state index in [4.69, 9.17) is 10.00 Å². The first-order chi connectivity index (χ1) is 14.4. The number of esters is 1. The molecule has 0 saturated carbocycles. The van der Waals surface area contributed by atoms with Crippen LogP contribution in [0.5, 0.6) is 0 Å². The second-order valence-electron chi connectivity index (χ2n) is 6.73. The maximum absolute atomic E-state index is 12.3. The van der Waals surface area contributed by atoms with Gasteiger partial charge in [-0.1, -0.05) is 18.2 Å². The zero-order valence-corrected chi connectivity index (χ0v) is 16.3. The van der Waals surface area contributed by atoms with Crippen LogP contribution in [0.2, 0.25) is 0 Å². The van der Waals surface area contributed by atoms with Crippen molar-refractivity contribution in [2.45, 2.75) is 25.9 Å². The summed E-state index contributed by atoms with van der Waals surface area (Å²) in [6, 6.07) is 14.9. The molecule has 1 heterocycles. The number of hydrogen-bond donors (Lipinski definition) is 1. The SMILES string of the molecule is C[C@@H](OC(=O)CCCN1C(=O)c2ccccc2C1=O)C(=O)Nc1cccc(C#N)c1. The van der Waals surface area contributed by atoms with Crippen LogP contribution in [0.15, 0.2) is 48.5 Å². The molecular formula is C22H19N3O5. The second kappa shape index (κ2) is 9.01. The summed E-state index contributed by atoms with van der Waals surface area (Å²) in [4.78, 5) is 49.9. The highest BCUT2D eigenvalue weighted by Gasteiger charge is 2.34. The zero-order valence-electron chi connectivity index (χ0n) is 16.3. The molecule has 0 aliphatic carbocycles. The Hall–Kier alpha value is -3.99. The molecule has 0 saturated heterocycles. The maximum Gasteiger partial charge on any atom is 0.306 e. The number of imide groups is 1. The van der Waals surface area contributed by atoms with Gasteiger partial charge in [-0.05, 0) is 43.7 Å². The number of carbonyl (C=O) groups excluding carboxylic acids is 4. The molecule has 1 aliphatic heterocycles. The van der Waals surface area contributed by atoms with Crippen LogP contribution < -0.4 is 5.32 Å². The van der Waals surface area contributed by atoms with E-state index in [1.807, 2.05) is 6.07 Å². The summed E-state index contributed by atoms with van der Waals surface area (Å²) >= 11 is 0. The number of nitrogens with one attached hydrogen (secondary N) is 1. The minimum atomic E-state index is -1.04. The first-order valence-corrected chi connectivity index (χ1v) is 9.36. The fraction of sp³-hybridized carbons (Fsp3) is 0.227. The average Bonchev–Trinajstić information content (AvgIpc) is 2.99. The summed E-state index contributed by atoms with van der Waals surface area (Å²) < 4.78 is 5.12. The van der Waals surface area contributed by atoms with Gasteiger partial charge in [-0.2, -0.15) is 5.26 Å². The Morgan fingerprint density at radius 1 is 1.10 bits per heavy atom. The van der Waals surface area contributed by atoms with Crippen molar-refractivity contribution in [1.82, 2.24) is 4.90 Å². The molecule has 3 rings (SSSR count). The molecule has 8 heteroatoms. The summed E-state index contributed by atoms with van der Waals surface area (Å²) in [6.45, 7) is 1.52. The highest BCUT2D eigenvalue weighted by atomic mass is 16.5. The number of nitrogens with zero attached hydrogens (tertiary/aromatic N) is 2. The highest BCUT2D eigenvalue weighted by Crippen LogP contribution is 2.22.